The Bertz CT molecular complexity index is 1460. The number of aromatic nitrogens is 2. The Morgan fingerprint density at radius 3 is 2.14 bits per heavy atom. The summed E-state index contributed by atoms with van der Waals surface area (Å²) in [6.45, 7) is -0.402. The van der Waals surface area contributed by atoms with Crippen molar-refractivity contribution in [3.05, 3.63) is 113 Å². The van der Waals surface area contributed by atoms with Crippen LogP contribution in [-0.2, 0) is 4.79 Å². The molecule has 0 atom stereocenters. The molecule has 0 fully saturated rings. The van der Waals surface area contributed by atoms with Gasteiger partial charge < -0.3 is 9.84 Å². The fourth-order valence-electron chi connectivity index (χ4n) is 3.97. The molecule has 0 amide bonds. The third-order valence-electron chi connectivity index (χ3n) is 5.63. The summed E-state index contributed by atoms with van der Waals surface area (Å²) in [4.78, 5) is 10.9. The van der Waals surface area contributed by atoms with Crippen LogP contribution in [0.25, 0.3) is 39.3 Å². The first-order chi connectivity index (χ1) is 17.5. The van der Waals surface area contributed by atoms with E-state index in [0.29, 0.717) is 15.8 Å². The van der Waals surface area contributed by atoms with Gasteiger partial charge in [-0.05, 0) is 65.7 Å². The van der Waals surface area contributed by atoms with E-state index in [4.69, 9.17) is 38.1 Å². The van der Waals surface area contributed by atoms with E-state index in [1.165, 1.54) is 0 Å². The molecule has 0 spiro atoms. The van der Waals surface area contributed by atoms with Crippen molar-refractivity contribution < 1.29 is 14.6 Å². The molecule has 178 valence electrons. The van der Waals surface area contributed by atoms with Crippen molar-refractivity contribution in [1.29, 1.82) is 0 Å². The summed E-state index contributed by atoms with van der Waals surface area (Å²) in [5.74, 6) is -0.540. The average Bonchev–Trinajstić information content (AvgIpc) is 3.34. The van der Waals surface area contributed by atoms with Crippen molar-refractivity contribution in [2.75, 3.05) is 6.61 Å². The molecule has 1 heterocycles. The number of aliphatic carboxylic acids is 1. The minimum Gasteiger partial charge on any atom is -0.482 e. The second-order valence-corrected chi connectivity index (χ2v) is 8.94. The van der Waals surface area contributed by atoms with Gasteiger partial charge in [0.1, 0.15) is 5.75 Å². The number of carboxylic acids is 1. The molecule has 0 saturated heterocycles. The van der Waals surface area contributed by atoms with E-state index < -0.39 is 12.6 Å². The van der Waals surface area contributed by atoms with E-state index in [-0.39, 0.29) is 0 Å². The van der Waals surface area contributed by atoms with Crippen molar-refractivity contribution in [2.24, 2.45) is 0 Å². The molecule has 5 rings (SSSR count). The van der Waals surface area contributed by atoms with Crippen LogP contribution in [-0.4, -0.2) is 27.5 Å². The van der Waals surface area contributed by atoms with Gasteiger partial charge in [-0.15, -0.1) is 0 Å². The standard InChI is InChI=1S/C29H20Cl2N2O3/c30-21-10-8-19(9-11-21)28-17-27(32-33(28)23-14-12-22(31)13-15-23)26-7-2-1-6-25(26)20-4-3-5-24(16-20)36-18-29(34)35/h1-17H,18H2,(H,34,35). The van der Waals surface area contributed by atoms with Gasteiger partial charge in [-0.3, -0.25) is 0 Å². The highest BCUT2D eigenvalue weighted by Gasteiger charge is 2.16. The Morgan fingerprint density at radius 1 is 0.778 bits per heavy atom. The van der Waals surface area contributed by atoms with Crippen LogP contribution in [0, 0.1) is 0 Å². The lowest BCUT2D eigenvalue weighted by atomic mass is 9.97. The highest BCUT2D eigenvalue weighted by atomic mass is 35.5. The van der Waals surface area contributed by atoms with E-state index in [1.807, 2.05) is 102 Å². The van der Waals surface area contributed by atoms with Gasteiger partial charge in [0.2, 0.25) is 0 Å². The van der Waals surface area contributed by atoms with Crippen LogP contribution in [0.3, 0.4) is 0 Å². The number of halogens is 2. The van der Waals surface area contributed by atoms with Crippen molar-refractivity contribution in [3.63, 3.8) is 0 Å². The summed E-state index contributed by atoms with van der Waals surface area (Å²) < 4.78 is 7.28. The second kappa shape index (κ2) is 10.3. The molecular weight excluding hydrogens is 495 g/mol. The largest absolute Gasteiger partial charge is 0.482 e. The number of rotatable bonds is 7. The Labute approximate surface area is 218 Å². The molecule has 7 heteroatoms. The quantitative estimate of drug-likeness (QED) is 0.242. The fourth-order valence-corrected chi connectivity index (χ4v) is 4.23. The van der Waals surface area contributed by atoms with Gasteiger partial charge in [-0.1, -0.05) is 71.7 Å². The van der Waals surface area contributed by atoms with Crippen LogP contribution in [0.15, 0.2) is 103 Å². The van der Waals surface area contributed by atoms with Crippen molar-refractivity contribution in [2.45, 2.75) is 0 Å². The lowest BCUT2D eigenvalue weighted by Crippen LogP contribution is -2.09. The van der Waals surface area contributed by atoms with Crippen molar-refractivity contribution in [1.82, 2.24) is 9.78 Å². The number of carboxylic acid groups (broad SMARTS) is 1. The summed E-state index contributed by atoms with van der Waals surface area (Å²) in [5, 5.41) is 15.2. The Balaban J connectivity index is 1.63. The fraction of sp³-hybridized carbons (Fsp3) is 0.0345. The third kappa shape index (κ3) is 5.13. The van der Waals surface area contributed by atoms with Crippen LogP contribution in [0.4, 0.5) is 0 Å². The van der Waals surface area contributed by atoms with Crippen LogP contribution in [0.2, 0.25) is 10.0 Å². The van der Waals surface area contributed by atoms with E-state index in [2.05, 4.69) is 0 Å². The predicted octanol–water partition coefficient (Wildman–Crippen LogP) is 7.64. The zero-order valence-electron chi connectivity index (χ0n) is 18.9. The molecule has 0 unspecified atom stereocenters. The normalized spacial score (nSPS) is 10.8. The van der Waals surface area contributed by atoms with Gasteiger partial charge in [0.25, 0.3) is 0 Å². The van der Waals surface area contributed by atoms with Gasteiger partial charge in [-0.2, -0.15) is 5.10 Å². The topological polar surface area (TPSA) is 64.3 Å². The summed E-state index contributed by atoms with van der Waals surface area (Å²) in [6.07, 6.45) is 0. The van der Waals surface area contributed by atoms with E-state index in [0.717, 1.165) is 39.3 Å². The molecule has 1 aromatic heterocycles. The molecule has 5 nitrogen and oxygen atoms in total. The van der Waals surface area contributed by atoms with Gasteiger partial charge >= 0.3 is 5.97 Å². The lowest BCUT2D eigenvalue weighted by molar-refractivity contribution is -0.139. The van der Waals surface area contributed by atoms with Crippen LogP contribution >= 0.6 is 23.2 Å². The number of ether oxygens (including phenoxy) is 1. The van der Waals surface area contributed by atoms with Gasteiger partial charge in [-0.25, -0.2) is 9.48 Å². The molecule has 4 aromatic carbocycles. The summed E-state index contributed by atoms with van der Waals surface area (Å²) in [7, 11) is 0. The zero-order valence-corrected chi connectivity index (χ0v) is 20.4. The number of hydrogen-bond donors (Lipinski definition) is 1. The number of carbonyl (C=O) groups is 1. The molecule has 0 aliphatic rings. The van der Waals surface area contributed by atoms with E-state index in [1.54, 1.807) is 6.07 Å². The third-order valence-corrected chi connectivity index (χ3v) is 6.13. The highest BCUT2D eigenvalue weighted by Crippen LogP contribution is 2.36. The monoisotopic (exact) mass is 514 g/mol. The number of benzene rings is 4. The summed E-state index contributed by atoms with van der Waals surface area (Å²) in [6, 6.07) is 32.5. The lowest BCUT2D eigenvalue weighted by Gasteiger charge is -2.10. The Kier molecular flexibility index (Phi) is 6.76. The van der Waals surface area contributed by atoms with Crippen LogP contribution < -0.4 is 4.74 Å². The van der Waals surface area contributed by atoms with Crippen LogP contribution in [0.1, 0.15) is 0 Å². The molecule has 0 aliphatic carbocycles. The first-order valence-electron chi connectivity index (χ1n) is 11.1. The smallest absolute Gasteiger partial charge is 0.341 e. The van der Waals surface area contributed by atoms with Crippen molar-refractivity contribution >= 4 is 29.2 Å². The highest BCUT2D eigenvalue weighted by molar-refractivity contribution is 6.30. The average molecular weight is 515 g/mol. The van der Waals surface area contributed by atoms with Gasteiger partial charge in [0.15, 0.2) is 6.61 Å². The molecule has 0 bridgehead atoms. The molecule has 5 aromatic rings. The number of hydrogen-bond acceptors (Lipinski definition) is 3. The Morgan fingerprint density at radius 2 is 1.44 bits per heavy atom. The molecular formula is C29H20Cl2N2O3. The summed E-state index contributed by atoms with van der Waals surface area (Å²) >= 11 is 12.3. The molecule has 0 saturated carbocycles. The van der Waals surface area contributed by atoms with Crippen molar-refractivity contribution in [3.8, 4) is 45.1 Å². The van der Waals surface area contributed by atoms with Gasteiger partial charge in [0, 0.05) is 21.2 Å². The van der Waals surface area contributed by atoms with Crippen LogP contribution in [0.5, 0.6) is 5.75 Å². The number of nitrogens with zero attached hydrogens (tertiary/aromatic N) is 2. The maximum atomic E-state index is 10.9. The molecule has 1 N–H and O–H groups in total. The Hall–Kier alpha value is -4.06. The minimum atomic E-state index is -1.02. The first kappa shape index (κ1) is 23.7. The maximum Gasteiger partial charge on any atom is 0.341 e. The zero-order chi connectivity index (χ0) is 25.1. The minimum absolute atomic E-state index is 0.402. The molecule has 36 heavy (non-hydrogen) atoms. The van der Waals surface area contributed by atoms with E-state index in [9.17, 15) is 4.79 Å². The summed E-state index contributed by atoms with van der Waals surface area (Å²) in [5.41, 5.74) is 6.28. The SMILES string of the molecule is O=C(O)COc1cccc(-c2ccccc2-c2cc(-c3ccc(Cl)cc3)n(-c3ccc(Cl)cc3)n2)c1. The maximum absolute atomic E-state index is 10.9. The van der Waals surface area contributed by atoms with Gasteiger partial charge in [0.05, 0.1) is 17.1 Å². The first-order valence-corrected chi connectivity index (χ1v) is 11.9. The van der Waals surface area contributed by atoms with E-state index >= 15 is 0 Å². The second-order valence-electron chi connectivity index (χ2n) is 8.07. The predicted molar refractivity (Wildman–Crippen MR) is 143 cm³/mol. The molecule has 0 radical (unpaired) electrons. The molecule has 0 aliphatic heterocycles.